The van der Waals surface area contributed by atoms with Crippen LogP contribution in [0.5, 0.6) is 11.5 Å². The molecule has 0 radical (unpaired) electrons. The van der Waals surface area contributed by atoms with Crippen molar-refractivity contribution in [2.75, 3.05) is 43.7 Å². The van der Waals surface area contributed by atoms with Crippen molar-refractivity contribution in [3.05, 3.63) is 53.6 Å². The smallest absolute Gasteiger partial charge is 0.224 e. The lowest BCUT2D eigenvalue weighted by atomic mass is 10.1. The van der Waals surface area contributed by atoms with E-state index >= 15 is 0 Å². The van der Waals surface area contributed by atoms with Crippen LogP contribution in [0.25, 0.3) is 0 Å². The van der Waals surface area contributed by atoms with E-state index in [4.69, 9.17) is 9.47 Å². The molecule has 1 heterocycles. The van der Waals surface area contributed by atoms with E-state index in [1.807, 2.05) is 30.0 Å². The standard InChI is InChI=1S/C21H26N2O3S/c1-25-19-8-5-17(13-20(19)26-2)14-21(24)22-15-16-3-6-18(7-4-16)23-9-11-27-12-10-23/h3-8,13H,9-12,14-15H2,1-2H3,(H,22,24). The Bertz CT molecular complexity index is 759. The minimum Gasteiger partial charge on any atom is -0.493 e. The van der Waals surface area contributed by atoms with E-state index in [1.54, 1.807) is 14.2 Å². The second kappa shape index (κ2) is 9.55. The quantitative estimate of drug-likeness (QED) is 0.792. The topological polar surface area (TPSA) is 50.8 Å². The summed E-state index contributed by atoms with van der Waals surface area (Å²) in [5, 5.41) is 2.98. The number of ether oxygens (including phenoxy) is 2. The van der Waals surface area contributed by atoms with Gasteiger partial charge in [0, 0.05) is 36.8 Å². The number of nitrogens with zero attached hydrogens (tertiary/aromatic N) is 1. The number of carbonyl (C=O) groups is 1. The minimum atomic E-state index is -0.0145. The van der Waals surface area contributed by atoms with Gasteiger partial charge in [0.25, 0.3) is 0 Å². The van der Waals surface area contributed by atoms with Crippen molar-refractivity contribution < 1.29 is 14.3 Å². The highest BCUT2D eigenvalue weighted by molar-refractivity contribution is 7.99. The van der Waals surface area contributed by atoms with E-state index in [-0.39, 0.29) is 5.91 Å². The van der Waals surface area contributed by atoms with Crippen molar-refractivity contribution >= 4 is 23.4 Å². The van der Waals surface area contributed by atoms with Crippen LogP contribution in [0, 0.1) is 0 Å². The van der Waals surface area contributed by atoms with Crippen LogP contribution in [-0.4, -0.2) is 44.7 Å². The number of hydrogen-bond donors (Lipinski definition) is 1. The van der Waals surface area contributed by atoms with Crippen molar-refractivity contribution in [2.24, 2.45) is 0 Å². The number of methoxy groups -OCH3 is 2. The van der Waals surface area contributed by atoms with Gasteiger partial charge in [-0.2, -0.15) is 11.8 Å². The fraction of sp³-hybridized carbons (Fsp3) is 0.381. The highest BCUT2D eigenvalue weighted by atomic mass is 32.2. The largest absolute Gasteiger partial charge is 0.493 e. The molecule has 1 aliphatic heterocycles. The third-order valence-corrected chi connectivity index (χ3v) is 5.56. The second-order valence-electron chi connectivity index (χ2n) is 6.41. The third kappa shape index (κ3) is 5.32. The van der Waals surface area contributed by atoms with Crippen molar-refractivity contribution in [3.63, 3.8) is 0 Å². The summed E-state index contributed by atoms with van der Waals surface area (Å²) in [5.41, 5.74) is 3.25. The molecule has 27 heavy (non-hydrogen) atoms. The SMILES string of the molecule is COc1ccc(CC(=O)NCc2ccc(N3CCSCC3)cc2)cc1OC. The zero-order valence-corrected chi connectivity index (χ0v) is 16.7. The number of amides is 1. The van der Waals surface area contributed by atoms with Crippen LogP contribution in [0.2, 0.25) is 0 Å². The molecule has 0 aliphatic carbocycles. The Kier molecular flexibility index (Phi) is 6.87. The van der Waals surface area contributed by atoms with Gasteiger partial charge in [-0.1, -0.05) is 18.2 Å². The van der Waals surface area contributed by atoms with E-state index in [9.17, 15) is 4.79 Å². The summed E-state index contributed by atoms with van der Waals surface area (Å²) in [4.78, 5) is 14.7. The molecule has 5 nitrogen and oxygen atoms in total. The minimum absolute atomic E-state index is 0.0145. The van der Waals surface area contributed by atoms with E-state index in [1.165, 1.54) is 17.2 Å². The third-order valence-electron chi connectivity index (χ3n) is 4.61. The Hall–Kier alpha value is -2.34. The first-order chi connectivity index (χ1) is 13.2. The summed E-state index contributed by atoms with van der Waals surface area (Å²) in [6.07, 6.45) is 0.309. The first-order valence-electron chi connectivity index (χ1n) is 9.09. The molecule has 1 fully saturated rings. The van der Waals surface area contributed by atoms with Crippen LogP contribution in [0.1, 0.15) is 11.1 Å². The van der Waals surface area contributed by atoms with E-state index in [0.717, 1.165) is 24.2 Å². The zero-order chi connectivity index (χ0) is 19.1. The summed E-state index contributed by atoms with van der Waals surface area (Å²) >= 11 is 2.01. The normalized spacial score (nSPS) is 13.9. The maximum Gasteiger partial charge on any atom is 0.224 e. The molecule has 1 N–H and O–H groups in total. The molecule has 1 saturated heterocycles. The van der Waals surface area contributed by atoms with Crippen LogP contribution < -0.4 is 19.7 Å². The van der Waals surface area contributed by atoms with Crippen molar-refractivity contribution in [1.29, 1.82) is 0 Å². The Balaban J connectivity index is 1.51. The van der Waals surface area contributed by atoms with Gasteiger partial charge in [-0.25, -0.2) is 0 Å². The van der Waals surface area contributed by atoms with Gasteiger partial charge >= 0.3 is 0 Å². The summed E-state index contributed by atoms with van der Waals surface area (Å²) in [6.45, 7) is 2.74. The van der Waals surface area contributed by atoms with Gasteiger partial charge in [-0.3, -0.25) is 4.79 Å². The molecule has 0 unspecified atom stereocenters. The van der Waals surface area contributed by atoms with Gasteiger partial charge in [0.1, 0.15) is 0 Å². The first kappa shape index (κ1) is 19.4. The fourth-order valence-corrected chi connectivity index (χ4v) is 3.99. The molecular weight excluding hydrogens is 360 g/mol. The number of hydrogen-bond acceptors (Lipinski definition) is 5. The molecule has 0 saturated carbocycles. The number of carbonyl (C=O) groups excluding carboxylic acids is 1. The second-order valence-corrected chi connectivity index (χ2v) is 7.63. The number of rotatable bonds is 7. The average Bonchev–Trinajstić information content (AvgIpc) is 2.73. The van der Waals surface area contributed by atoms with Gasteiger partial charge in [-0.05, 0) is 35.4 Å². The first-order valence-corrected chi connectivity index (χ1v) is 10.2. The molecule has 2 aromatic rings. The molecule has 2 aromatic carbocycles. The fourth-order valence-electron chi connectivity index (χ4n) is 3.09. The monoisotopic (exact) mass is 386 g/mol. The Morgan fingerprint density at radius 2 is 1.67 bits per heavy atom. The van der Waals surface area contributed by atoms with Crippen LogP contribution in [0.15, 0.2) is 42.5 Å². The Labute approximate surface area is 165 Å². The van der Waals surface area contributed by atoms with E-state index in [2.05, 4.69) is 34.5 Å². The van der Waals surface area contributed by atoms with Gasteiger partial charge in [0.2, 0.25) is 5.91 Å². The highest BCUT2D eigenvalue weighted by Gasteiger charge is 2.11. The van der Waals surface area contributed by atoms with E-state index in [0.29, 0.717) is 24.5 Å². The maximum absolute atomic E-state index is 12.3. The molecule has 0 bridgehead atoms. The van der Waals surface area contributed by atoms with Crippen molar-refractivity contribution in [2.45, 2.75) is 13.0 Å². The van der Waals surface area contributed by atoms with Crippen LogP contribution >= 0.6 is 11.8 Å². The molecule has 1 amide bonds. The molecule has 144 valence electrons. The average molecular weight is 387 g/mol. The summed E-state index contributed by atoms with van der Waals surface area (Å²) in [6, 6.07) is 14.0. The Morgan fingerprint density at radius 3 is 2.33 bits per heavy atom. The van der Waals surface area contributed by atoms with Crippen molar-refractivity contribution in [1.82, 2.24) is 5.32 Å². The molecule has 3 rings (SSSR count). The lowest BCUT2D eigenvalue weighted by molar-refractivity contribution is -0.120. The number of nitrogens with one attached hydrogen (secondary N) is 1. The summed E-state index contributed by atoms with van der Waals surface area (Å²) in [5.74, 6) is 3.66. The lowest BCUT2D eigenvalue weighted by Crippen LogP contribution is -2.32. The van der Waals surface area contributed by atoms with E-state index < -0.39 is 0 Å². The molecule has 0 spiro atoms. The highest BCUT2D eigenvalue weighted by Crippen LogP contribution is 2.27. The van der Waals surface area contributed by atoms with Crippen LogP contribution in [0.4, 0.5) is 5.69 Å². The predicted octanol–water partition coefficient (Wildman–Crippen LogP) is 3.12. The number of thioether (sulfide) groups is 1. The van der Waals surface area contributed by atoms with Gasteiger partial charge in [0.05, 0.1) is 20.6 Å². The molecule has 0 aromatic heterocycles. The summed E-state index contributed by atoms with van der Waals surface area (Å²) < 4.78 is 10.5. The van der Waals surface area contributed by atoms with Gasteiger partial charge < -0.3 is 19.7 Å². The molecular formula is C21H26N2O3S. The van der Waals surface area contributed by atoms with Crippen LogP contribution in [0.3, 0.4) is 0 Å². The van der Waals surface area contributed by atoms with Crippen molar-refractivity contribution in [3.8, 4) is 11.5 Å². The molecule has 0 atom stereocenters. The molecule has 6 heteroatoms. The van der Waals surface area contributed by atoms with Gasteiger partial charge in [-0.15, -0.1) is 0 Å². The summed E-state index contributed by atoms with van der Waals surface area (Å²) in [7, 11) is 3.19. The lowest BCUT2D eigenvalue weighted by Gasteiger charge is -2.28. The maximum atomic E-state index is 12.3. The number of anilines is 1. The number of benzene rings is 2. The van der Waals surface area contributed by atoms with Gasteiger partial charge in [0.15, 0.2) is 11.5 Å². The zero-order valence-electron chi connectivity index (χ0n) is 15.9. The van der Waals surface area contributed by atoms with Crippen LogP contribution in [-0.2, 0) is 17.8 Å². The predicted molar refractivity (Wildman–Crippen MR) is 111 cm³/mol. The molecule has 1 aliphatic rings. The Morgan fingerprint density at radius 1 is 1.00 bits per heavy atom.